The van der Waals surface area contributed by atoms with Crippen molar-refractivity contribution in [3.8, 4) is 11.8 Å². The van der Waals surface area contributed by atoms with Crippen LogP contribution in [0.5, 0.6) is 11.8 Å². The summed E-state index contributed by atoms with van der Waals surface area (Å²) in [5.41, 5.74) is 0. The molecule has 1 atom stereocenters. The summed E-state index contributed by atoms with van der Waals surface area (Å²) in [6.07, 6.45) is -0.635. The maximum Gasteiger partial charge on any atom is 0.321 e. The smallest absolute Gasteiger partial charge is 0.321 e. The minimum atomic E-state index is -0.635. The van der Waals surface area contributed by atoms with Gasteiger partial charge in [0.1, 0.15) is 5.75 Å². The van der Waals surface area contributed by atoms with Crippen molar-refractivity contribution in [2.24, 2.45) is 0 Å². The van der Waals surface area contributed by atoms with Crippen molar-refractivity contribution in [2.45, 2.75) is 19.6 Å². The molecule has 1 heterocycles. The summed E-state index contributed by atoms with van der Waals surface area (Å²) in [6.45, 7) is 1.84. The third kappa shape index (κ3) is 4.80. The van der Waals surface area contributed by atoms with Gasteiger partial charge in [-0.25, -0.2) is 0 Å². The molecular weight excluding hydrogens is 310 g/mol. The molecule has 0 fully saturated rings. The molecule has 0 aliphatic rings. The van der Waals surface area contributed by atoms with Crippen LogP contribution in [0.2, 0.25) is 0 Å². The normalized spacial score (nSPS) is 11.5. The number of anilines is 1. The van der Waals surface area contributed by atoms with E-state index in [0.717, 1.165) is 0 Å². The van der Waals surface area contributed by atoms with Crippen LogP contribution in [0.3, 0.4) is 0 Å². The molecule has 0 saturated heterocycles. The molecule has 0 radical (unpaired) electrons. The Bertz CT molecular complexity index is 679. The highest BCUT2D eigenvalue weighted by Gasteiger charge is 2.16. The summed E-state index contributed by atoms with van der Waals surface area (Å²) in [5, 5.41) is 2.75. The van der Waals surface area contributed by atoms with Crippen LogP contribution in [0, 0.1) is 0 Å². The molecule has 1 unspecified atom stereocenters. The summed E-state index contributed by atoms with van der Waals surface area (Å²) in [4.78, 5) is 26.4. The lowest BCUT2D eigenvalue weighted by molar-refractivity contribution is -0.127. The average molecular weight is 331 g/mol. The lowest BCUT2D eigenvalue weighted by Gasteiger charge is -2.15. The molecular formula is C16H21N5O3. The Kier molecular flexibility index (Phi) is 5.89. The van der Waals surface area contributed by atoms with Gasteiger partial charge in [0.2, 0.25) is 5.95 Å². The molecule has 2 aromatic rings. The van der Waals surface area contributed by atoms with Crippen molar-refractivity contribution >= 4 is 11.9 Å². The number of aromatic nitrogens is 3. The van der Waals surface area contributed by atoms with Gasteiger partial charge in [-0.2, -0.15) is 15.0 Å². The molecule has 8 nitrogen and oxygen atoms in total. The van der Waals surface area contributed by atoms with E-state index in [0.29, 0.717) is 17.5 Å². The average Bonchev–Trinajstić information content (AvgIpc) is 2.60. The van der Waals surface area contributed by atoms with Gasteiger partial charge in [0.25, 0.3) is 5.91 Å². The number of ether oxygens (including phenoxy) is 2. The van der Waals surface area contributed by atoms with Crippen LogP contribution in [0.1, 0.15) is 12.7 Å². The lowest BCUT2D eigenvalue weighted by atomic mass is 10.3. The van der Waals surface area contributed by atoms with E-state index in [2.05, 4.69) is 20.3 Å². The van der Waals surface area contributed by atoms with Crippen molar-refractivity contribution in [1.29, 1.82) is 0 Å². The number of benzene rings is 1. The zero-order chi connectivity index (χ0) is 17.5. The van der Waals surface area contributed by atoms with Crippen LogP contribution in [0.15, 0.2) is 30.3 Å². The highest BCUT2D eigenvalue weighted by atomic mass is 16.5. The predicted molar refractivity (Wildman–Crippen MR) is 89.1 cm³/mol. The summed E-state index contributed by atoms with van der Waals surface area (Å²) < 4.78 is 10.6. The van der Waals surface area contributed by atoms with Gasteiger partial charge in [-0.1, -0.05) is 18.2 Å². The molecule has 0 aliphatic heterocycles. The van der Waals surface area contributed by atoms with Crippen molar-refractivity contribution in [3.05, 3.63) is 36.2 Å². The van der Waals surface area contributed by atoms with E-state index in [1.807, 2.05) is 32.3 Å². The molecule has 0 aliphatic carbocycles. The number of carbonyl (C=O) groups is 1. The van der Waals surface area contributed by atoms with Crippen molar-refractivity contribution < 1.29 is 14.3 Å². The Labute approximate surface area is 140 Å². The van der Waals surface area contributed by atoms with Gasteiger partial charge in [0, 0.05) is 14.1 Å². The molecule has 2 rings (SSSR count). The number of hydrogen-bond donors (Lipinski definition) is 1. The topological polar surface area (TPSA) is 89.5 Å². The summed E-state index contributed by atoms with van der Waals surface area (Å²) in [5.74, 6) is 1.24. The maximum absolute atomic E-state index is 12.1. The van der Waals surface area contributed by atoms with E-state index in [1.165, 1.54) is 7.11 Å². The molecule has 24 heavy (non-hydrogen) atoms. The highest BCUT2D eigenvalue weighted by Crippen LogP contribution is 2.11. The molecule has 0 bridgehead atoms. The number of para-hydroxylation sites is 1. The van der Waals surface area contributed by atoms with Crippen LogP contribution in [-0.4, -0.2) is 48.2 Å². The SMILES string of the molecule is COc1nc(CNC(=O)C(C)Oc2ccccc2)nc(N(C)C)n1. The molecule has 0 spiro atoms. The fraction of sp³-hybridized carbons (Fsp3) is 0.375. The minimum absolute atomic E-state index is 0.154. The second kappa shape index (κ2) is 8.09. The van der Waals surface area contributed by atoms with E-state index < -0.39 is 6.10 Å². The number of nitrogens with one attached hydrogen (secondary N) is 1. The van der Waals surface area contributed by atoms with Crippen LogP contribution in [0.4, 0.5) is 5.95 Å². The van der Waals surface area contributed by atoms with Crippen LogP contribution in [-0.2, 0) is 11.3 Å². The summed E-state index contributed by atoms with van der Waals surface area (Å²) in [6, 6.07) is 9.37. The second-order valence-corrected chi connectivity index (χ2v) is 5.22. The fourth-order valence-electron chi connectivity index (χ4n) is 1.82. The number of rotatable bonds is 7. The monoisotopic (exact) mass is 331 g/mol. The molecule has 8 heteroatoms. The maximum atomic E-state index is 12.1. The first-order valence-electron chi connectivity index (χ1n) is 7.45. The Morgan fingerprint density at radius 1 is 1.21 bits per heavy atom. The molecule has 1 N–H and O–H groups in total. The first kappa shape index (κ1) is 17.5. The van der Waals surface area contributed by atoms with E-state index in [1.54, 1.807) is 24.0 Å². The number of methoxy groups -OCH3 is 1. The third-order valence-electron chi connectivity index (χ3n) is 3.08. The second-order valence-electron chi connectivity index (χ2n) is 5.22. The zero-order valence-electron chi connectivity index (χ0n) is 14.2. The molecule has 1 aromatic heterocycles. The van der Waals surface area contributed by atoms with E-state index in [-0.39, 0.29) is 18.5 Å². The van der Waals surface area contributed by atoms with Gasteiger partial charge in [-0.3, -0.25) is 4.79 Å². The third-order valence-corrected chi connectivity index (χ3v) is 3.08. The molecule has 1 aromatic carbocycles. The first-order chi connectivity index (χ1) is 11.5. The minimum Gasteiger partial charge on any atom is -0.481 e. The van der Waals surface area contributed by atoms with Crippen LogP contribution >= 0.6 is 0 Å². The highest BCUT2D eigenvalue weighted by molar-refractivity contribution is 5.80. The van der Waals surface area contributed by atoms with Gasteiger partial charge in [-0.15, -0.1) is 0 Å². The summed E-state index contributed by atoms with van der Waals surface area (Å²) >= 11 is 0. The lowest BCUT2D eigenvalue weighted by Crippen LogP contribution is -2.36. The molecule has 1 amide bonds. The van der Waals surface area contributed by atoms with Gasteiger partial charge in [0.15, 0.2) is 11.9 Å². The molecule has 128 valence electrons. The Morgan fingerprint density at radius 3 is 2.54 bits per heavy atom. The van der Waals surface area contributed by atoms with Gasteiger partial charge in [0.05, 0.1) is 13.7 Å². The van der Waals surface area contributed by atoms with Crippen molar-refractivity contribution in [1.82, 2.24) is 20.3 Å². The standard InChI is InChI=1S/C16H21N5O3/c1-11(24-12-8-6-5-7-9-12)14(22)17-10-13-18-15(21(2)3)20-16(19-13)23-4/h5-9,11H,10H2,1-4H3,(H,17,22). The molecule has 0 saturated carbocycles. The largest absolute Gasteiger partial charge is 0.481 e. The predicted octanol–water partition coefficient (Wildman–Crippen LogP) is 1.03. The number of hydrogen-bond acceptors (Lipinski definition) is 7. The van der Waals surface area contributed by atoms with Crippen LogP contribution in [0.25, 0.3) is 0 Å². The Morgan fingerprint density at radius 2 is 1.92 bits per heavy atom. The quantitative estimate of drug-likeness (QED) is 0.810. The van der Waals surface area contributed by atoms with E-state index in [4.69, 9.17) is 9.47 Å². The first-order valence-corrected chi connectivity index (χ1v) is 7.45. The fourth-order valence-corrected chi connectivity index (χ4v) is 1.82. The van der Waals surface area contributed by atoms with E-state index >= 15 is 0 Å². The van der Waals surface area contributed by atoms with E-state index in [9.17, 15) is 4.79 Å². The van der Waals surface area contributed by atoms with Crippen molar-refractivity contribution in [3.63, 3.8) is 0 Å². The Hall–Kier alpha value is -2.90. The van der Waals surface area contributed by atoms with Gasteiger partial charge in [-0.05, 0) is 19.1 Å². The van der Waals surface area contributed by atoms with Crippen molar-refractivity contribution in [2.75, 3.05) is 26.1 Å². The zero-order valence-corrected chi connectivity index (χ0v) is 14.2. The number of carbonyl (C=O) groups excluding carboxylic acids is 1. The van der Waals surface area contributed by atoms with Gasteiger partial charge >= 0.3 is 6.01 Å². The van der Waals surface area contributed by atoms with Gasteiger partial charge < -0.3 is 19.7 Å². The Balaban J connectivity index is 1.97. The summed E-state index contributed by atoms with van der Waals surface area (Å²) in [7, 11) is 5.10. The number of amides is 1. The van der Waals surface area contributed by atoms with Crippen LogP contribution < -0.4 is 19.7 Å². The number of nitrogens with zero attached hydrogens (tertiary/aromatic N) is 4.